The van der Waals surface area contributed by atoms with Gasteiger partial charge in [-0.25, -0.2) is 9.37 Å². The lowest BCUT2D eigenvalue weighted by Crippen LogP contribution is -1.97. The van der Waals surface area contributed by atoms with Crippen LogP contribution in [-0.2, 0) is 6.61 Å². The fourth-order valence-electron chi connectivity index (χ4n) is 1.22. The first-order valence-electron chi connectivity index (χ1n) is 4.73. The molecule has 0 atom stereocenters. The molecule has 0 N–H and O–H groups in total. The number of hydrogen-bond acceptors (Lipinski definition) is 2. The Morgan fingerprint density at radius 2 is 1.94 bits per heavy atom. The summed E-state index contributed by atoms with van der Waals surface area (Å²) in [5.41, 5.74) is 0.800. The van der Waals surface area contributed by atoms with Crippen LogP contribution in [0.25, 0.3) is 0 Å². The lowest BCUT2D eigenvalue weighted by Gasteiger charge is -2.06. The molecule has 4 heteroatoms. The fraction of sp³-hybridized carbons (Fsp3) is 0.0833. The van der Waals surface area contributed by atoms with Gasteiger partial charge in [0.05, 0.1) is 0 Å². The summed E-state index contributed by atoms with van der Waals surface area (Å²) in [4.78, 5) is 3.93. The minimum Gasteiger partial charge on any atom is -0.489 e. The molecule has 0 saturated carbocycles. The van der Waals surface area contributed by atoms with Crippen molar-refractivity contribution in [3.8, 4) is 5.75 Å². The van der Waals surface area contributed by atoms with E-state index in [0.29, 0.717) is 17.5 Å². The summed E-state index contributed by atoms with van der Waals surface area (Å²) < 4.78 is 18.1. The lowest BCUT2D eigenvalue weighted by atomic mass is 10.3. The maximum atomic E-state index is 12.6. The normalized spacial score (nSPS) is 10.1. The topological polar surface area (TPSA) is 22.1 Å². The van der Waals surface area contributed by atoms with Gasteiger partial charge in [-0.15, -0.1) is 0 Å². The predicted molar refractivity (Wildman–Crippen MR) is 60.0 cm³/mol. The number of pyridine rings is 1. The van der Waals surface area contributed by atoms with Gasteiger partial charge in [-0.1, -0.05) is 17.7 Å². The average molecular weight is 238 g/mol. The van der Waals surface area contributed by atoms with Crippen molar-refractivity contribution in [2.24, 2.45) is 0 Å². The third-order valence-corrected chi connectivity index (χ3v) is 2.38. The summed E-state index contributed by atoms with van der Waals surface area (Å²) in [6, 6.07) is 9.45. The Hall–Kier alpha value is -1.61. The van der Waals surface area contributed by atoms with E-state index in [1.807, 2.05) is 6.07 Å². The van der Waals surface area contributed by atoms with E-state index in [2.05, 4.69) is 4.98 Å². The number of nitrogens with zero attached hydrogens (tertiary/aromatic N) is 1. The molecule has 2 rings (SSSR count). The maximum Gasteiger partial charge on any atom is 0.135 e. The molecule has 1 heterocycles. The van der Waals surface area contributed by atoms with Gasteiger partial charge in [0.15, 0.2) is 0 Å². The Morgan fingerprint density at radius 3 is 2.62 bits per heavy atom. The molecule has 0 fully saturated rings. The Labute approximate surface area is 97.7 Å². The van der Waals surface area contributed by atoms with Crippen LogP contribution in [0.4, 0.5) is 4.39 Å². The van der Waals surface area contributed by atoms with Gasteiger partial charge in [0.1, 0.15) is 23.3 Å². The van der Waals surface area contributed by atoms with E-state index in [4.69, 9.17) is 16.3 Å². The smallest absolute Gasteiger partial charge is 0.135 e. The first-order chi connectivity index (χ1) is 7.75. The highest BCUT2D eigenvalue weighted by Crippen LogP contribution is 2.16. The SMILES string of the molecule is Fc1ccc(OCc2cccnc2Cl)cc1. The van der Waals surface area contributed by atoms with E-state index in [9.17, 15) is 4.39 Å². The molecule has 0 amide bonds. The molecule has 0 bridgehead atoms. The van der Waals surface area contributed by atoms with Crippen LogP contribution in [0.2, 0.25) is 5.15 Å². The van der Waals surface area contributed by atoms with Crippen LogP contribution in [0.15, 0.2) is 42.6 Å². The Balaban J connectivity index is 2.02. The van der Waals surface area contributed by atoms with Gasteiger partial charge in [0.2, 0.25) is 0 Å². The van der Waals surface area contributed by atoms with Crippen molar-refractivity contribution in [3.63, 3.8) is 0 Å². The van der Waals surface area contributed by atoms with E-state index in [1.54, 1.807) is 24.4 Å². The highest BCUT2D eigenvalue weighted by molar-refractivity contribution is 6.30. The third-order valence-electron chi connectivity index (χ3n) is 2.04. The lowest BCUT2D eigenvalue weighted by molar-refractivity contribution is 0.305. The summed E-state index contributed by atoms with van der Waals surface area (Å²) in [5.74, 6) is 0.313. The van der Waals surface area contributed by atoms with Crippen molar-refractivity contribution in [3.05, 3.63) is 59.1 Å². The molecule has 82 valence electrons. The summed E-state index contributed by atoms with van der Waals surface area (Å²) >= 11 is 5.86. The molecule has 0 aliphatic carbocycles. The molecular formula is C12H9ClFNO. The number of aromatic nitrogens is 1. The second-order valence-electron chi connectivity index (χ2n) is 3.20. The van der Waals surface area contributed by atoms with Crippen LogP contribution in [0.5, 0.6) is 5.75 Å². The predicted octanol–water partition coefficient (Wildman–Crippen LogP) is 3.45. The molecule has 1 aromatic carbocycles. The zero-order valence-electron chi connectivity index (χ0n) is 8.36. The second kappa shape index (κ2) is 4.94. The van der Waals surface area contributed by atoms with E-state index in [-0.39, 0.29) is 5.82 Å². The third kappa shape index (κ3) is 2.70. The molecule has 16 heavy (non-hydrogen) atoms. The first kappa shape index (κ1) is 10.9. The Morgan fingerprint density at radius 1 is 1.19 bits per heavy atom. The monoisotopic (exact) mass is 237 g/mol. The van der Waals surface area contributed by atoms with Gasteiger partial charge in [0.25, 0.3) is 0 Å². The van der Waals surface area contributed by atoms with Crippen LogP contribution in [0.3, 0.4) is 0 Å². The molecule has 0 unspecified atom stereocenters. The highest BCUT2D eigenvalue weighted by Gasteiger charge is 2.01. The largest absolute Gasteiger partial charge is 0.489 e. The van der Waals surface area contributed by atoms with Crippen LogP contribution < -0.4 is 4.74 Å². The average Bonchev–Trinajstić information content (AvgIpc) is 2.30. The summed E-state index contributed by atoms with van der Waals surface area (Å²) in [6.45, 7) is 0.318. The van der Waals surface area contributed by atoms with Crippen molar-refractivity contribution in [1.29, 1.82) is 0 Å². The molecule has 0 saturated heterocycles. The van der Waals surface area contributed by atoms with Crippen LogP contribution in [-0.4, -0.2) is 4.98 Å². The zero-order chi connectivity index (χ0) is 11.4. The van der Waals surface area contributed by atoms with E-state index in [1.165, 1.54) is 12.1 Å². The first-order valence-corrected chi connectivity index (χ1v) is 5.11. The Bertz CT molecular complexity index is 473. The molecule has 0 radical (unpaired) electrons. The van der Waals surface area contributed by atoms with E-state index >= 15 is 0 Å². The van der Waals surface area contributed by atoms with Gasteiger partial charge in [-0.3, -0.25) is 0 Å². The van der Waals surface area contributed by atoms with Crippen molar-refractivity contribution in [2.45, 2.75) is 6.61 Å². The number of hydrogen-bond donors (Lipinski definition) is 0. The number of halogens is 2. The minimum absolute atomic E-state index is 0.285. The summed E-state index contributed by atoms with van der Waals surface area (Å²) in [6.07, 6.45) is 1.61. The molecule has 1 aromatic heterocycles. The summed E-state index contributed by atoms with van der Waals surface area (Å²) in [5, 5.41) is 0.421. The van der Waals surface area contributed by atoms with Crippen molar-refractivity contribution >= 4 is 11.6 Å². The molecule has 0 aliphatic rings. The number of rotatable bonds is 3. The minimum atomic E-state index is -0.285. The van der Waals surface area contributed by atoms with Crippen molar-refractivity contribution < 1.29 is 9.13 Å². The van der Waals surface area contributed by atoms with Crippen molar-refractivity contribution in [2.75, 3.05) is 0 Å². The maximum absolute atomic E-state index is 12.6. The van der Waals surface area contributed by atoms with Crippen LogP contribution in [0.1, 0.15) is 5.56 Å². The van der Waals surface area contributed by atoms with Crippen LogP contribution in [0, 0.1) is 5.82 Å². The zero-order valence-corrected chi connectivity index (χ0v) is 9.12. The van der Waals surface area contributed by atoms with Crippen molar-refractivity contribution in [1.82, 2.24) is 4.98 Å². The fourth-order valence-corrected chi connectivity index (χ4v) is 1.39. The van der Waals surface area contributed by atoms with Gasteiger partial charge >= 0.3 is 0 Å². The Kier molecular flexibility index (Phi) is 3.37. The van der Waals surface area contributed by atoms with E-state index in [0.717, 1.165) is 5.56 Å². The van der Waals surface area contributed by atoms with Gasteiger partial charge in [-0.2, -0.15) is 0 Å². The summed E-state index contributed by atoms with van der Waals surface area (Å²) in [7, 11) is 0. The van der Waals surface area contributed by atoms with Gasteiger partial charge in [0, 0.05) is 11.8 Å². The van der Waals surface area contributed by atoms with Gasteiger partial charge in [-0.05, 0) is 30.3 Å². The molecule has 0 spiro atoms. The molecule has 2 aromatic rings. The quantitative estimate of drug-likeness (QED) is 0.763. The molecule has 0 aliphatic heterocycles. The highest BCUT2D eigenvalue weighted by atomic mass is 35.5. The number of benzene rings is 1. The second-order valence-corrected chi connectivity index (χ2v) is 3.55. The molecule has 2 nitrogen and oxygen atoms in total. The van der Waals surface area contributed by atoms with E-state index < -0.39 is 0 Å². The molecular weight excluding hydrogens is 229 g/mol. The standard InChI is InChI=1S/C12H9ClFNO/c13-12-9(2-1-7-15-12)8-16-11-5-3-10(14)4-6-11/h1-7H,8H2. The van der Waals surface area contributed by atoms with Gasteiger partial charge < -0.3 is 4.74 Å². The number of ether oxygens (including phenoxy) is 1. The van der Waals surface area contributed by atoms with Crippen LogP contribution >= 0.6 is 11.6 Å².